The van der Waals surface area contributed by atoms with Crippen LogP contribution in [0.5, 0.6) is 0 Å². The average molecular weight is 341 g/mol. The minimum atomic E-state index is -0.236. The predicted octanol–water partition coefficient (Wildman–Crippen LogP) is 6.65. The summed E-state index contributed by atoms with van der Waals surface area (Å²) in [6, 6.07) is -0.236. The largest absolute Gasteiger partial charge is 0.351 e. The molecule has 0 aliphatic rings. The summed E-state index contributed by atoms with van der Waals surface area (Å²) in [7, 11) is 0. The van der Waals surface area contributed by atoms with Crippen LogP contribution in [0.3, 0.4) is 0 Å². The molecule has 0 saturated heterocycles. The molecule has 0 spiro atoms. The van der Waals surface area contributed by atoms with Crippen molar-refractivity contribution in [2.24, 2.45) is 5.73 Å². The number of carbonyl (C=O) groups is 1. The monoisotopic (exact) mass is 340 g/mol. The summed E-state index contributed by atoms with van der Waals surface area (Å²) >= 11 is 0. The Balaban J connectivity index is 3.48. The molecule has 0 rings (SSSR count). The fraction of sp³-hybridized carbons (Fsp3) is 0.952. The number of nitrogens with zero attached hydrogens (tertiary/aromatic N) is 1. The van der Waals surface area contributed by atoms with Gasteiger partial charge in [0.25, 0.3) is 0 Å². The third kappa shape index (κ3) is 16.1. The van der Waals surface area contributed by atoms with E-state index in [0.717, 1.165) is 25.9 Å². The van der Waals surface area contributed by atoms with Gasteiger partial charge in [-0.05, 0) is 12.8 Å². The zero-order valence-electron chi connectivity index (χ0n) is 16.7. The molecule has 0 heterocycles. The van der Waals surface area contributed by atoms with Crippen LogP contribution < -0.4 is 5.73 Å². The number of amides is 2. The second-order valence-electron chi connectivity index (χ2n) is 7.28. The number of carbonyl (C=O) groups excluding carboxylic acids is 1. The molecule has 0 aromatic heterocycles. The topological polar surface area (TPSA) is 46.3 Å². The summed E-state index contributed by atoms with van der Waals surface area (Å²) in [4.78, 5) is 13.4. The SMILES string of the molecule is CCCCCCCCCCCN(CCCCCCCCC)C(N)=O. The minimum absolute atomic E-state index is 0.236. The third-order valence-corrected chi connectivity index (χ3v) is 4.87. The van der Waals surface area contributed by atoms with E-state index in [1.165, 1.54) is 89.9 Å². The van der Waals surface area contributed by atoms with Crippen molar-refractivity contribution in [3.05, 3.63) is 0 Å². The first kappa shape index (κ1) is 23.3. The van der Waals surface area contributed by atoms with Gasteiger partial charge < -0.3 is 10.6 Å². The molecule has 3 nitrogen and oxygen atoms in total. The first-order valence-electron chi connectivity index (χ1n) is 10.8. The highest BCUT2D eigenvalue weighted by atomic mass is 16.2. The lowest BCUT2D eigenvalue weighted by molar-refractivity contribution is 0.204. The highest BCUT2D eigenvalue weighted by molar-refractivity contribution is 5.71. The van der Waals surface area contributed by atoms with Crippen LogP contribution in [0.25, 0.3) is 0 Å². The summed E-state index contributed by atoms with van der Waals surface area (Å²) in [5, 5.41) is 0. The van der Waals surface area contributed by atoms with Gasteiger partial charge in [0.15, 0.2) is 0 Å². The van der Waals surface area contributed by atoms with E-state index in [9.17, 15) is 4.79 Å². The van der Waals surface area contributed by atoms with Crippen LogP contribution in [0, 0.1) is 0 Å². The van der Waals surface area contributed by atoms with Gasteiger partial charge in [0.2, 0.25) is 0 Å². The molecular weight excluding hydrogens is 296 g/mol. The van der Waals surface area contributed by atoms with Gasteiger partial charge in [0.1, 0.15) is 0 Å². The van der Waals surface area contributed by atoms with E-state index in [4.69, 9.17) is 5.73 Å². The number of urea groups is 1. The first-order chi connectivity index (χ1) is 11.7. The summed E-state index contributed by atoms with van der Waals surface area (Å²) in [5.41, 5.74) is 5.51. The van der Waals surface area contributed by atoms with Gasteiger partial charge in [-0.2, -0.15) is 0 Å². The van der Waals surface area contributed by atoms with E-state index < -0.39 is 0 Å². The van der Waals surface area contributed by atoms with Crippen LogP contribution in [0.4, 0.5) is 4.79 Å². The molecule has 0 unspecified atom stereocenters. The molecule has 0 atom stereocenters. The zero-order valence-corrected chi connectivity index (χ0v) is 16.7. The number of hydrogen-bond acceptors (Lipinski definition) is 1. The van der Waals surface area contributed by atoms with Crippen LogP contribution in [-0.4, -0.2) is 24.0 Å². The molecule has 0 aliphatic heterocycles. The normalized spacial score (nSPS) is 10.9. The second-order valence-corrected chi connectivity index (χ2v) is 7.28. The van der Waals surface area contributed by atoms with E-state index in [1.807, 2.05) is 4.90 Å². The summed E-state index contributed by atoms with van der Waals surface area (Å²) < 4.78 is 0. The molecular formula is C21H44N2O. The molecule has 0 bridgehead atoms. The number of nitrogens with two attached hydrogens (primary N) is 1. The molecule has 3 heteroatoms. The molecule has 0 aromatic rings. The average Bonchev–Trinajstić information content (AvgIpc) is 2.57. The van der Waals surface area contributed by atoms with Crippen LogP contribution in [0.15, 0.2) is 0 Å². The standard InChI is InChI=1S/C21H44N2O/c1-3-5-7-9-11-12-14-16-18-20-23(21(22)24)19-17-15-13-10-8-6-4-2/h3-20H2,1-2H3,(H2,22,24). The Kier molecular flexibility index (Phi) is 18.0. The van der Waals surface area contributed by atoms with Crippen LogP contribution in [0.1, 0.15) is 117 Å². The summed E-state index contributed by atoms with van der Waals surface area (Å²) in [6.07, 6.45) is 20.8. The quantitative estimate of drug-likeness (QED) is 0.279. The Bertz CT molecular complexity index is 269. The van der Waals surface area contributed by atoms with Crippen LogP contribution >= 0.6 is 0 Å². The number of primary amides is 1. The van der Waals surface area contributed by atoms with E-state index in [0.29, 0.717) is 0 Å². The maximum absolute atomic E-state index is 11.5. The zero-order chi connectivity index (χ0) is 17.9. The number of unbranched alkanes of at least 4 members (excludes halogenated alkanes) is 14. The molecule has 0 saturated carbocycles. The van der Waals surface area contributed by atoms with Gasteiger partial charge in [-0.15, -0.1) is 0 Å². The molecule has 2 amide bonds. The van der Waals surface area contributed by atoms with Gasteiger partial charge in [0.05, 0.1) is 0 Å². The van der Waals surface area contributed by atoms with Crippen LogP contribution in [0.2, 0.25) is 0 Å². The Morgan fingerprint density at radius 3 is 1.17 bits per heavy atom. The highest BCUT2D eigenvalue weighted by Gasteiger charge is 2.08. The van der Waals surface area contributed by atoms with Gasteiger partial charge >= 0.3 is 6.03 Å². The lowest BCUT2D eigenvalue weighted by Crippen LogP contribution is -2.37. The Labute approximate surface area is 151 Å². The molecule has 24 heavy (non-hydrogen) atoms. The van der Waals surface area contributed by atoms with Crippen molar-refractivity contribution in [3.8, 4) is 0 Å². The smallest absolute Gasteiger partial charge is 0.314 e. The molecule has 0 aromatic carbocycles. The van der Waals surface area contributed by atoms with Crippen LogP contribution in [-0.2, 0) is 0 Å². The van der Waals surface area contributed by atoms with Crippen molar-refractivity contribution in [2.75, 3.05) is 13.1 Å². The maximum atomic E-state index is 11.5. The summed E-state index contributed by atoms with van der Waals surface area (Å²) in [6.45, 7) is 6.20. The van der Waals surface area contributed by atoms with E-state index in [1.54, 1.807) is 0 Å². The third-order valence-electron chi connectivity index (χ3n) is 4.87. The highest BCUT2D eigenvalue weighted by Crippen LogP contribution is 2.11. The van der Waals surface area contributed by atoms with E-state index in [2.05, 4.69) is 13.8 Å². The summed E-state index contributed by atoms with van der Waals surface area (Å²) in [5.74, 6) is 0. The Morgan fingerprint density at radius 1 is 0.583 bits per heavy atom. The fourth-order valence-electron chi connectivity index (χ4n) is 3.21. The molecule has 0 radical (unpaired) electrons. The Hall–Kier alpha value is -0.730. The lowest BCUT2D eigenvalue weighted by atomic mass is 10.1. The molecule has 2 N–H and O–H groups in total. The molecule has 0 aliphatic carbocycles. The van der Waals surface area contributed by atoms with E-state index in [-0.39, 0.29) is 6.03 Å². The predicted molar refractivity (Wildman–Crippen MR) is 106 cm³/mol. The van der Waals surface area contributed by atoms with E-state index >= 15 is 0 Å². The van der Waals surface area contributed by atoms with Gasteiger partial charge in [-0.3, -0.25) is 0 Å². The Morgan fingerprint density at radius 2 is 0.875 bits per heavy atom. The number of hydrogen-bond donors (Lipinski definition) is 1. The van der Waals surface area contributed by atoms with Crippen molar-refractivity contribution in [3.63, 3.8) is 0 Å². The first-order valence-corrected chi connectivity index (χ1v) is 10.8. The lowest BCUT2D eigenvalue weighted by Gasteiger charge is -2.20. The second kappa shape index (κ2) is 18.6. The van der Waals surface area contributed by atoms with Crippen molar-refractivity contribution in [1.82, 2.24) is 4.90 Å². The number of rotatable bonds is 18. The van der Waals surface area contributed by atoms with Crippen molar-refractivity contribution in [2.45, 2.75) is 117 Å². The fourth-order valence-corrected chi connectivity index (χ4v) is 3.21. The maximum Gasteiger partial charge on any atom is 0.314 e. The molecule has 0 fully saturated rings. The van der Waals surface area contributed by atoms with Crippen molar-refractivity contribution < 1.29 is 4.79 Å². The molecule has 144 valence electrons. The van der Waals surface area contributed by atoms with Gasteiger partial charge in [-0.25, -0.2) is 4.79 Å². The minimum Gasteiger partial charge on any atom is -0.351 e. The van der Waals surface area contributed by atoms with Crippen molar-refractivity contribution in [1.29, 1.82) is 0 Å². The van der Waals surface area contributed by atoms with Crippen molar-refractivity contribution >= 4 is 6.03 Å². The van der Waals surface area contributed by atoms with Gasteiger partial charge in [0, 0.05) is 13.1 Å². The van der Waals surface area contributed by atoms with Gasteiger partial charge in [-0.1, -0.05) is 104 Å².